The lowest BCUT2D eigenvalue weighted by Gasteiger charge is -2.23. The van der Waals surface area contributed by atoms with E-state index in [2.05, 4.69) is 39.1 Å². The first kappa shape index (κ1) is 25.3. The molecule has 0 bridgehead atoms. The van der Waals surface area contributed by atoms with E-state index in [4.69, 9.17) is 0 Å². The van der Waals surface area contributed by atoms with Crippen LogP contribution >= 0.6 is 0 Å². The molecule has 4 rings (SSSR count). The van der Waals surface area contributed by atoms with E-state index in [1.54, 1.807) is 31.1 Å². The van der Waals surface area contributed by atoms with Crippen molar-refractivity contribution in [2.45, 2.75) is 59.3 Å². The summed E-state index contributed by atoms with van der Waals surface area (Å²) in [5.41, 5.74) is 4.85. The highest BCUT2D eigenvalue weighted by Crippen LogP contribution is 2.27. The van der Waals surface area contributed by atoms with Crippen molar-refractivity contribution in [3.63, 3.8) is 0 Å². The van der Waals surface area contributed by atoms with E-state index in [0.29, 0.717) is 36.5 Å². The van der Waals surface area contributed by atoms with Gasteiger partial charge in [-0.3, -0.25) is 9.78 Å². The third kappa shape index (κ3) is 5.69. The molecule has 0 aliphatic heterocycles. The summed E-state index contributed by atoms with van der Waals surface area (Å²) in [6.45, 7) is 6.30. The van der Waals surface area contributed by atoms with Gasteiger partial charge in [0.05, 0.1) is 0 Å². The Balaban J connectivity index is 1.55. The minimum Gasteiger partial charge on any atom is -0.334 e. The average Bonchev–Trinajstić information content (AvgIpc) is 3.29. The first-order valence-electron chi connectivity index (χ1n) is 11.7. The highest BCUT2D eigenvalue weighted by molar-refractivity contribution is 5.76. The molecular formula is C26H27F3N6O. The van der Waals surface area contributed by atoms with E-state index < -0.39 is 12.0 Å². The number of amides is 1. The lowest BCUT2D eigenvalue weighted by Crippen LogP contribution is -2.30. The maximum absolute atomic E-state index is 13.4. The third-order valence-corrected chi connectivity index (χ3v) is 6.14. The van der Waals surface area contributed by atoms with Gasteiger partial charge in [-0.15, -0.1) is 5.10 Å². The summed E-state index contributed by atoms with van der Waals surface area (Å²) in [7, 11) is 0. The Hall–Kier alpha value is -3.82. The van der Waals surface area contributed by atoms with Crippen LogP contribution < -0.4 is 0 Å². The molecule has 1 amide bonds. The summed E-state index contributed by atoms with van der Waals surface area (Å²) in [6.07, 6.45) is 0.178. The van der Waals surface area contributed by atoms with E-state index in [0.717, 1.165) is 22.1 Å². The number of hydrogen-bond acceptors (Lipinski definition) is 5. The normalized spacial score (nSPS) is 11.7. The van der Waals surface area contributed by atoms with Crippen LogP contribution in [-0.4, -0.2) is 35.4 Å². The Kier molecular flexibility index (Phi) is 7.32. The van der Waals surface area contributed by atoms with Crippen molar-refractivity contribution in [1.82, 2.24) is 29.5 Å². The largest absolute Gasteiger partial charge is 0.453 e. The van der Waals surface area contributed by atoms with Gasteiger partial charge in [-0.1, -0.05) is 37.3 Å². The summed E-state index contributed by atoms with van der Waals surface area (Å²) >= 11 is 0. The first-order chi connectivity index (χ1) is 17.2. The number of nitrogens with zero attached hydrogens (tertiary/aromatic N) is 6. The Labute approximate surface area is 207 Å². The van der Waals surface area contributed by atoms with Crippen LogP contribution in [0.25, 0.3) is 5.78 Å². The molecular weight excluding hydrogens is 469 g/mol. The molecule has 4 aromatic rings. The Morgan fingerprint density at radius 2 is 1.69 bits per heavy atom. The van der Waals surface area contributed by atoms with Crippen molar-refractivity contribution < 1.29 is 18.0 Å². The lowest BCUT2D eigenvalue weighted by atomic mass is 10.1. The number of alkyl halides is 3. The quantitative estimate of drug-likeness (QED) is 0.348. The zero-order valence-electron chi connectivity index (χ0n) is 20.4. The molecule has 0 aliphatic carbocycles. The SMILES string of the molecule is CCc1ccc(CN(Cc2cccnc2)C(=O)CCc2c(C)nc3nc(C(F)(F)F)nn3c2C)cc1. The summed E-state index contributed by atoms with van der Waals surface area (Å²) in [4.78, 5) is 27.0. The molecule has 36 heavy (non-hydrogen) atoms. The number of carbonyl (C=O) groups is 1. The Bertz CT molecular complexity index is 1350. The van der Waals surface area contributed by atoms with E-state index >= 15 is 0 Å². The number of rotatable bonds is 8. The topological polar surface area (TPSA) is 76.3 Å². The molecule has 0 aliphatic rings. The van der Waals surface area contributed by atoms with Crippen molar-refractivity contribution in [3.8, 4) is 0 Å². The van der Waals surface area contributed by atoms with Gasteiger partial charge < -0.3 is 4.90 Å². The standard InChI is InChI=1S/C26H27F3N6O/c1-4-19-7-9-20(10-8-19)15-34(16-21-6-5-13-30-14-21)23(36)12-11-22-17(2)31-25-32-24(26(27,28)29)33-35(25)18(22)3/h5-10,13-14H,4,11-12,15-16H2,1-3H3. The number of carbonyl (C=O) groups excluding carboxylic acids is 1. The average molecular weight is 497 g/mol. The zero-order valence-corrected chi connectivity index (χ0v) is 20.4. The number of benzene rings is 1. The summed E-state index contributed by atoms with van der Waals surface area (Å²) in [5.74, 6) is -1.42. The molecule has 3 heterocycles. The molecule has 1 aromatic carbocycles. The predicted octanol–water partition coefficient (Wildman–Crippen LogP) is 4.88. The molecule has 0 atom stereocenters. The van der Waals surface area contributed by atoms with Crippen molar-refractivity contribution in [3.05, 3.63) is 88.3 Å². The van der Waals surface area contributed by atoms with Gasteiger partial charge in [0.25, 0.3) is 11.6 Å². The van der Waals surface area contributed by atoms with Gasteiger partial charge in [0.2, 0.25) is 5.91 Å². The second kappa shape index (κ2) is 10.4. The van der Waals surface area contributed by atoms with Crippen LogP contribution in [0.5, 0.6) is 0 Å². The van der Waals surface area contributed by atoms with Crippen LogP contribution in [0.3, 0.4) is 0 Å². The van der Waals surface area contributed by atoms with E-state index in [9.17, 15) is 18.0 Å². The van der Waals surface area contributed by atoms with Gasteiger partial charge in [-0.05, 0) is 55.0 Å². The fraction of sp³-hybridized carbons (Fsp3) is 0.346. The Morgan fingerprint density at radius 1 is 1.00 bits per heavy atom. The van der Waals surface area contributed by atoms with Crippen LogP contribution in [0.4, 0.5) is 13.2 Å². The summed E-state index contributed by atoms with van der Waals surface area (Å²) in [6, 6.07) is 11.9. The molecule has 0 unspecified atom stereocenters. The van der Waals surface area contributed by atoms with Gasteiger partial charge in [-0.2, -0.15) is 18.2 Å². The van der Waals surface area contributed by atoms with Crippen LogP contribution in [0.1, 0.15) is 52.8 Å². The second-order valence-electron chi connectivity index (χ2n) is 8.69. The van der Waals surface area contributed by atoms with Crippen LogP contribution in [0.2, 0.25) is 0 Å². The minimum absolute atomic E-state index is 0.0770. The molecule has 0 saturated heterocycles. The van der Waals surface area contributed by atoms with Gasteiger partial charge in [-0.25, -0.2) is 9.50 Å². The molecule has 7 nitrogen and oxygen atoms in total. The molecule has 3 aromatic heterocycles. The molecule has 10 heteroatoms. The number of fused-ring (bicyclic) bond motifs is 1. The number of aryl methyl sites for hydroxylation is 3. The zero-order chi connectivity index (χ0) is 25.9. The fourth-order valence-electron chi connectivity index (χ4n) is 4.13. The van der Waals surface area contributed by atoms with Gasteiger partial charge >= 0.3 is 6.18 Å². The van der Waals surface area contributed by atoms with Crippen molar-refractivity contribution in [2.75, 3.05) is 0 Å². The van der Waals surface area contributed by atoms with Crippen LogP contribution in [0.15, 0.2) is 48.8 Å². The molecule has 188 valence electrons. The maximum atomic E-state index is 13.4. The summed E-state index contributed by atoms with van der Waals surface area (Å²) in [5, 5.41) is 3.59. The molecule has 0 saturated carbocycles. The molecule has 0 radical (unpaired) electrons. The van der Waals surface area contributed by atoms with Gasteiger partial charge in [0.15, 0.2) is 0 Å². The minimum atomic E-state index is -4.66. The first-order valence-corrected chi connectivity index (χ1v) is 11.7. The van der Waals surface area contributed by atoms with E-state index in [-0.39, 0.29) is 18.1 Å². The van der Waals surface area contributed by atoms with Crippen molar-refractivity contribution >= 4 is 11.7 Å². The molecule has 0 spiro atoms. The number of halogens is 3. The number of aromatic nitrogens is 5. The van der Waals surface area contributed by atoms with Crippen LogP contribution in [0, 0.1) is 13.8 Å². The predicted molar refractivity (Wildman–Crippen MR) is 128 cm³/mol. The maximum Gasteiger partial charge on any atom is 0.453 e. The Morgan fingerprint density at radius 3 is 2.33 bits per heavy atom. The summed E-state index contributed by atoms with van der Waals surface area (Å²) < 4.78 is 40.3. The second-order valence-corrected chi connectivity index (χ2v) is 8.69. The smallest absolute Gasteiger partial charge is 0.334 e. The highest BCUT2D eigenvalue weighted by Gasteiger charge is 2.37. The third-order valence-electron chi connectivity index (χ3n) is 6.14. The monoisotopic (exact) mass is 496 g/mol. The lowest BCUT2D eigenvalue weighted by molar-refractivity contribution is -0.144. The van der Waals surface area contributed by atoms with Crippen molar-refractivity contribution in [2.24, 2.45) is 0 Å². The van der Waals surface area contributed by atoms with Crippen molar-refractivity contribution in [1.29, 1.82) is 0 Å². The van der Waals surface area contributed by atoms with E-state index in [1.165, 1.54) is 5.56 Å². The van der Waals surface area contributed by atoms with Gasteiger partial charge in [0, 0.05) is 43.3 Å². The fourth-order valence-corrected chi connectivity index (χ4v) is 4.13. The van der Waals surface area contributed by atoms with Gasteiger partial charge in [0.1, 0.15) is 0 Å². The number of hydrogen-bond donors (Lipinski definition) is 0. The molecule has 0 N–H and O–H groups in total. The number of pyridine rings is 1. The van der Waals surface area contributed by atoms with E-state index in [1.807, 2.05) is 24.3 Å². The molecule has 0 fully saturated rings. The highest BCUT2D eigenvalue weighted by atomic mass is 19.4. The van der Waals surface area contributed by atoms with Crippen LogP contribution in [-0.2, 0) is 36.9 Å².